The van der Waals surface area contributed by atoms with E-state index in [0.717, 1.165) is 17.1 Å². The third-order valence-corrected chi connectivity index (χ3v) is 2.62. The van der Waals surface area contributed by atoms with Gasteiger partial charge in [-0.2, -0.15) is 5.26 Å². The van der Waals surface area contributed by atoms with Gasteiger partial charge in [-0.15, -0.1) is 0 Å². The summed E-state index contributed by atoms with van der Waals surface area (Å²) in [6, 6.07) is 10.9. The number of rotatable bonds is 4. The van der Waals surface area contributed by atoms with Crippen LogP contribution < -0.4 is 10.6 Å². The molecule has 2 aromatic rings. The molecule has 1 aromatic heterocycles. The number of nitriles is 1. The largest absolute Gasteiger partial charge is 0.325 e. The van der Waals surface area contributed by atoms with Crippen molar-refractivity contribution >= 4 is 23.2 Å². The number of hydrogen-bond donors (Lipinski definition) is 2. The molecule has 21 heavy (non-hydrogen) atoms. The van der Waals surface area contributed by atoms with Gasteiger partial charge >= 0.3 is 0 Å². The third-order valence-electron chi connectivity index (χ3n) is 2.62. The molecule has 2 N–H and O–H groups in total. The number of carbonyl (C=O) groups is 1. The molecule has 1 aromatic carbocycles. The Balaban J connectivity index is 2.14. The Morgan fingerprint density at radius 3 is 2.52 bits per heavy atom. The summed E-state index contributed by atoms with van der Waals surface area (Å²) in [7, 11) is 0. The smallest absolute Gasteiger partial charge is 0.238 e. The van der Waals surface area contributed by atoms with Crippen molar-refractivity contribution in [2.24, 2.45) is 0 Å². The summed E-state index contributed by atoms with van der Waals surface area (Å²) in [5.74, 6) is 0.172. The Hall–Kier alpha value is -2.94. The lowest BCUT2D eigenvalue weighted by Crippen LogP contribution is -2.10. The minimum atomic E-state index is -0.336. The molecule has 2 rings (SSSR count). The van der Waals surface area contributed by atoms with Gasteiger partial charge in [0.2, 0.25) is 11.9 Å². The molecule has 0 aliphatic rings. The third kappa shape index (κ3) is 4.28. The number of benzene rings is 1. The maximum absolute atomic E-state index is 11.4. The SMILES string of the molecule is Cc1cc(C)nc(Nc2cccc(NC(=O)CC#N)c2)n1. The van der Waals surface area contributed by atoms with E-state index in [1.165, 1.54) is 0 Å². The molecular weight excluding hydrogens is 266 g/mol. The maximum Gasteiger partial charge on any atom is 0.238 e. The molecule has 1 heterocycles. The minimum absolute atomic E-state index is 0.169. The van der Waals surface area contributed by atoms with Crippen LogP contribution in [0.5, 0.6) is 0 Å². The highest BCUT2D eigenvalue weighted by molar-refractivity contribution is 5.92. The zero-order chi connectivity index (χ0) is 15.2. The summed E-state index contributed by atoms with van der Waals surface area (Å²) in [5, 5.41) is 14.2. The zero-order valence-electron chi connectivity index (χ0n) is 11.8. The molecule has 0 radical (unpaired) electrons. The van der Waals surface area contributed by atoms with Crippen LogP contribution in [-0.2, 0) is 4.79 Å². The van der Waals surface area contributed by atoms with Gasteiger partial charge in [-0.1, -0.05) is 6.07 Å². The number of aromatic nitrogens is 2. The van der Waals surface area contributed by atoms with Crippen molar-refractivity contribution in [3.8, 4) is 6.07 Å². The van der Waals surface area contributed by atoms with Crippen LogP contribution >= 0.6 is 0 Å². The molecule has 0 spiro atoms. The van der Waals surface area contributed by atoms with E-state index in [1.807, 2.05) is 26.0 Å². The van der Waals surface area contributed by atoms with Gasteiger partial charge in [-0.25, -0.2) is 9.97 Å². The zero-order valence-corrected chi connectivity index (χ0v) is 11.8. The molecule has 0 saturated heterocycles. The number of carbonyl (C=O) groups excluding carboxylic acids is 1. The molecule has 0 atom stereocenters. The molecule has 0 fully saturated rings. The van der Waals surface area contributed by atoms with Crippen LogP contribution in [0.4, 0.5) is 17.3 Å². The lowest BCUT2D eigenvalue weighted by molar-refractivity contribution is -0.115. The predicted octanol–water partition coefficient (Wildman–Crippen LogP) is 2.69. The Bertz CT molecular complexity index is 685. The lowest BCUT2D eigenvalue weighted by atomic mass is 10.2. The summed E-state index contributed by atoms with van der Waals surface area (Å²) in [4.78, 5) is 20.0. The first kappa shape index (κ1) is 14.5. The molecule has 0 aliphatic carbocycles. The van der Waals surface area contributed by atoms with Gasteiger partial charge < -0.3 is 10.6 Å². The highest BCUT2D eigenvalue weighted by Gasteiger charge is 2.04. The minimum Gasteiger partial charge on any atom is -0.325 e. The van der Waals surface area contributed by atoms with Gasteiger partial charge in [-0.3, -0.25) is 4.79 Å². The van der Waals surface area contributed by atoms with Crippen LogP contribution in [0.1, 0.15) is 17.8 Å². The Morgan fingerprint density at radius 1 is 1.19 bits per heavy atom. The maximum atomic E-state index is 11.4. The van der Waals surface area contributed by atoms with Crippen molar-refractivity contribution in [1.29, 1.82) is 5.26 Å². The van der Waals surface area contributed by atoms with Crippen LogP contribution in [0, 0.1) is 25.2 Å². The molecule has 106 valence electrons. The van der Waals surface area contributed by atoms with Crippen molar-refractivity contribution in [3.05, 3.63) is 41.7 Å². The first-order chi connectivity index (χ1) is 10.1. The number of nitrogens with one attached hydrogen (secondary N) is 2. The van der Waals surface area contributed by atoms with Crippen LogP contribution in [0.3, 0.4) is 0 Å². The summed E-state index contributed by atoms with van der Waals surface area (Å²) in [5.41, 5.74) is 3.13. The van der Waals surface area contributed by atoms with Crippen LogP contribution in [-0.4, -0.2) is 15.9 Å². The number of amides is 1. The predicted molar refractivity (Wildman–Crippen MR) is 80.1 cm³/mol. The summed E-state index contributed by atoms with van der Waals surface area (Å²) in [6.45, 7) is 3.80. The second kappa shape index (κ2) is 6.48. The normalized spacial score (nSPS) is 9.76. The van der Waals surface area contributed by atoms with E-state index < -0.39 is 0 Å². The first-order valence-corrected chi connectivity index (χ1v) is 6.43. The molecule has 0 bridgehead atoms. The van der Waals surface area contributed by atoms with Crippen molar-refractivity contribution in [2.75, 3.05) is 10.6 Å². The summed E-state index contributed by atoms with van der Waals surface area (Å²) >= 11 is 0. The summed E-state index contributed by atoms with van der Waals surface area (Å²) < 4.78 is 0. The number of aryl methyl sites for hydroxylation is 2. The van der Waals surface area contributed by atoms with Gasteiger partial charge in [0.15, 0.2) is 0 Å². The second-order valence-electron chi connectivity index (χ2n) is 4.56. The quantitative estimate of drug-likeness (QED) is 0.899. The highest BCUT2D eigenvalue weighted by Crippen LogP contribution is 2.18. The van der Waals surface area contributed by atoms with Crippen molar-refractivity contribution < 1.29 is 4.79 Å². The average Bonchev–Trinajstić information content (AvgIpc) is 2.37. The number of nitrogens with zero attached hydrogens (tertiary/aromatic N) is 3. The van der Waals surface area contributed by atoms with E-state index in [0.29, 0.717) is 11.6 Å². The van der Waals surface area contributed by atoms with E-state index in [1.54, 1.807) is 24.3 Å². The van der Waals surface area contributed by atoms with Gasteiger partial charge in [0, 0.05) is 22.8 Å². The molecular formula is C15H15N5O. The van der Waals surface area contributed by atoms with E-state index in [2.05, 4.69) is 20.6 Å². The van der Waals surface area contributed by atoms with Gasteiger partial charge in [0.25, 0.3) is 0 Å². The van der Waals surface area contributed by atoms with Crippen LogP contribution in [0.2, 0.25) is 0 Å². The fourth-order valence-corrected chi connectivity index (χ4v) is 1.86. The number of anilines is 3. The average molecular weight is 281 g/mol. The molecule has 6 nitrogen and oxygen atoms in total. The lowest BCUT2D eigenvalue weighted by Gasteiger charge is -2.09. The van der Waals surface area contributed by atoms with Crippen molar-refractivity contribution in [2.45, 2.75) is 20.3 Å². The Labute approximate surface area is 122 Å². The standard InChI is InChI=1S/C15H15N5O/c1-10-8-11(2)18-15(17-10)20-13-5-3-4-12(9-13)19-14(21)6-7-16/h3-5,8-9H,6H2,1-2H3,(H,19,21)(H,17,18,20). The Kier molecular flexibility index (Phi) is 4.46. The van der Waals surface area contributed by atoms with Crippen molar-refractivity contribution in [1.82, 2.24) is 9.97 Å². The highest BCUT2D eigenvalue weighted by atomic mass is 16.1. The molecule has 6 heteroatoms. The fourth-order valence-electron chi connectivity index (χ4n) is 1.86. The van der Waals surface area contributed by atoms with E-state index >= 15 is 0 Å². The summed E-state index contributed by atoms with van der Waals surface area (Å²) in [6.07, 6.45) is -0.169. The molecule has 1 amide bonds. The van der Waals surface area contributed by atoms with Gasteiger partial charge in [0.1, 0.15) is 6.42 Å². The van der Waals surface area contributed by atoms with E-state index in [4.69, 9.17) is 5.26 Å². The topological polar surface area (TPSA) is 90.7 Å². The monoisotopic (exact) mass is 281 g/mol. The molecule has 0 aliphatic heterocycles. The first-order valence-electron chi connectivity index (χ1n) is 6.43. The van der Waals surface area contributed by atoms with Crippen LogP contribution in [0.15, 0.2) is 30.3 Å². The van der Waals surface area contributed by atoms with E-state index in [9.17, 15) is 4.79 Å². The van der Waals surface area contributed by atoms with E-state index in [-0.39, 0.29) is 12.3 Å². The van der Waals surface area contributed by atoms with Crippen LogP contribution in [0.25, 0.3) is 0 Å². The molecule has 0 unspecified atom stereocenters. The second-order valence-corrected chi connectivity index (χ2v) is 4.56. The fraction of sp³-hybridized carbons (Fsp3) is 0.200. The van der Waals surface area contributed by atoms with Crippen molar-refractivity contribution in [3.63, 3.8) is 0 Å². The van der Waals surface area contributed by atoms with Gasteiger partial charge in [0.05, 0.1) is 6.07 Å². The Morgan fingerprint density at radius 2 is 1.86 bits per heavy atom. The molecule has 0 saturated carbocycles. The number of hydrogen-bond acceptors (Lipinski definition) is 5. The van der Waals surface area contributed by atoms with Gasteiger partial charge in [-0.05, 0) is 38.1 Å².